The van der Waals surface area contributed by atoms with E-state index in [9.17, 15) is 0 Å². The SMILES string of the molecule is COc1ccccc1P(=S)(c1ccccc1)C(C)P(=S)(c1ccccc1)c1ccccc1OC. The smallest absolute Gasteiger partial charge is 0.127 e. The van der Waals surface area contributed by atoms with Gasteiger partial charge in [0.2, 0.25) is 0 Å². The number of hydrogen-bond donors (Lipinski definition) is 0. The fraction of sp³-hybridized carbons (Fsp3) is 0.143. The molecule has 0 fully saturated rings. The van der Waals surface area contributed by atoms with Gasteiger partial charge in [0.15, 0.2) is 0 Å². The summed E-state index contributed by atoms with van der Waals surface area (Å²) in [5.74, 6) is 1.63. The van der Waals surface area contributed by atoms with E-state index in [-0.39, 0.29) is 5.40 Å². The molecule has 174 valence electrons. The van der Waals surface area contributed by atoms with Crippen LogP contribution in [0.5, 0.6) is 11.5 Å². The average Bonchev–Trinajstić information content (AvgIpc) is 2.92. The Kier molecular flexibility index (Phi) is 7.75. The van der Waals surface area contributed by atoms with Gasteiger partial charge in [-0.05, 0) is 34.9 Å². The van der Waals surface area contributed by atoms with Crippen LogP contribution in [-0.4, -0.2) is 19.6 Å². The Morgan fingerprint density at radius 3 is 1.21 bits per heavy atom. The Balaban J connectivity index is 2.08. The molecular formula is C28H28O2P2S2. The number of para-hydroxylation sites is 2. The van der Waals surface area contributed by atoms with Crippen LogP contribution in [0, 0.1) is 0 Å². The monoisotopic (exact) mass is 522 g/mol. The van der Waals surface area contributed by atoms with E-state index in [1.807, 2.05) is 48.5 Å². The number of ether oxygens (including phenoxy) is 2. The third-order valence-electron chi connectivity index (χ3n) is 6.22. The van der Waals surface area contributed by atoms with Crippen LogP contribution in [0.2, 0.25) is 0 Å². The third-order valence-corrected chi connectivity index (χ3v) is 20.0. The minimum Gasteiger partial charge on any atom is -0.496 e. The van der Waals surface area contributed by atoms with E-state index in [1.165, 1.54) is 0 Å². The molecule has 2 atom stereocenters. The fourth-order valence-corrected chi connectivity index (χ4v) is 17.6. The second-order valence-corrected chi connectivity index (χ2v) is 18.0. The summed E-state index contributed by atoms with van der Waals surface area (Å²) in [6.07, 6.45) is 0. The standard InChI is InChI=1S/C28H28O2P2S2/c1-22(31(33,23-14-6-4-7-15-23)27-20-12-10-18-25(27)29-2)32(34,24-16-8-5-9-17-24)28-21-13-11-19-26(28)30-3/h4-22H,1-3H3. The highest BCUT2D eigenvalue weighted by atomic mass is 32.5. The molecule has 34 heavy (non-hydrogen) atoms. The lowest BCUT2D eigenvalue weighted by Gasteiger charge is -2.39. The average molecular weight is 523 g/mol. The summed E-state index contributed by atoms with van der Waals surface area (Å²) in [6.45, 7) is 2.25. The lowest BCUT2D eigenvalue weighted by atomic mass is 10.3. The van der Waals surface area contributed by atoms with E-state index in [0.29, 0.717) is 0 Å². The summed E-state index contributed by atoms with van der Waals surface area (Å²) in [5, 5.41) is 4.38. The summed E-state index contributed by atoms with van der Waals surface area (Å²) < 4.78 is 11.7. The van der Waals surface area contributed by atoms with E-state index < -0.39 is 12.1 Å². The van der Waals surface area contributed by atoms with E-state index >= 15 is 0 Å². The number of methoxy groups -OCH3 is 2. The normalized spacial score (nSPS) is 15.5. The van der Waals surface area contributed by atoms with Crippen LogP contribution in [0.3, 0.4) is 0 Å². The quantitative estimate of drug-likeness (QED) is 0.280. The molecule has 0 heterocycles. The zero-order valence-corrected chi connectivity index (χ0v) is 22.9. The number of benzene rings is 4. The van der Waals surface area contributed by atoms with Gasteiger partial charge in [-0.1, -0.05) is 115 Å². The molecule has 4 aromatic carbocycles. The van der Waals surface area contributed by atoms with Crippen molar-refractivity contribution in [1.29, 1.82) is 0 Å². The molecule has 0 saturated heterocycles. The van der Waals surface area contributed by atoms with Gasteiger partial charge in [-0.2, -0.15) is 0 Å². The predicted molar refractivity (Wildman–Crippen MR) is 155 cm³/mol. The van der Waals surface area contributed by atoms with Crippen LogP contribution in [0.1, 0.15) is 6.92 Å². The molecule has 0 aliphatic carbocycles. The van der Waals surface area contributed by atoms with E-state index in [2.05, 4.69) is 67.6 Å². The molecule has 0 amide bonds. The highest BCUT2D eigenvalue weighted by Gasteiger charge is 2.42. The van der Waals surface area contributed by atoms with E-state index in [4.69, 9.17) is 33.1 Å². The number of hydrogen-bond acceptors (Lipinski definition) is 4. The molecule has 0 N–H and O–H groups in total. The summed E-state index contributed by atoms with van der Waals surface area (Å²) in [5.41, 5.74) is 0. The predicted octanol–water partition coefficient (Wildman–Crippen LogP) is 5.61. The minimum absolute atomic E-state index is 0.0256. The van der Waals surface area contributed by atoms with Crippen LogP contribution in [0.15, 0.2) is 109 Å². The summed E-state index contributed by atoms with van der Waals surface area (Å²) in [4.78, 5) is 0. The molecule has 0 spiro atoms. The topological polar surface area (TPSA) is 18.5 Å². The maximum atomic E-state index is 6.79. The van der Waals surface area contributed by atoms with Gasteiger partial charge in [-0.3, -0.25) is 0 Å². The first-order valence-electron chi connectivity index (χ1n) is 11.1. The van der Waals surface area contributed by atoms with Gasteiger partial charge >= 0.3 is 0 Å². The molecule has 4 aromatic rings. The Morgan fingerprint density at radius 2 is 0.853 bits per heavy atom. The summed E-state index contributed by atoms with van der Waals surface area (Å²) in [7, 11) is 3.42. The second-order valence-electron chi connectivity index (χ2n) is 7.96. The zero-order valence-electron chi connectivity index (χ0n) is 19.5. The molecule has 0 bridgehead atoms. The van der Waals surface area contributed by atoms with Crippen LogP contribution >= 0.6 is 12.1 Å². The Morgan fingerprint density at radius 1 is 0.529 bits per heavy atom. The molecule has 0 saturated carbocycles. The maximum absolute atomic E-state index is 6.79. The Hall–Kier alpha value is -2.22. The summed E-state index contributed by atoms with van der Waals surface area (Å²) >= 11 is 13.6. The summed E-state index contributed by atoms with van der Waals surface area (Å²) in [6, 6.07) is 32.3. The minimum atomic E-state index is -2.45. The first-order chi connectivity index (χ1) is 16.5. The molecule has 0 aromatic heterocycles. The van der Waals surface area contributed by atoms with E-state index in [1.54, 1.807) is 14.2 Å². The molecular weight excluding hydrogens is 494 g/mol. The van der Waals surface area contributed by atoms with Crippen molar-refractivity contribution >= 4 is 56.9 Å². The van der Waals surface area contributed by atoms with Crippen molar-refractivity contribution in [2.45, 2.75) is 12.3 Å². The maximum Gasteiger partial charge on any atom is 0.127 e. The zero-order chi connectivity index (χ0) is 24.2. The Labute approximate surface area is 213 Å². The highest BCUT2D eigenvalue weighted by Crippen LogP contribution is 2.67. The first kappa shape index (κ1) is 24.9. The highest BCUT2D eigenvalue weighted by molar-refractivity contribution is 8.32. The van der Waals surface area contributed by atoms with Crippen molar-refractivity contribution in [2.75, 3.05) is 14.2 Å². The molecule has 2 nitrogen and oxygen atoms in total. The third kappa shape index (κ3) is 4.30. The van der Waals surface area contributed by atoms with Crippen LogP contribution in [0.4, 0.5) is 0 Å². The molecule has 2 unspecified atom stereocenters. The fourth-order valence-electron chi connectivity index (χ4n) is 4.45. The van der Waals surface area contributed by atoms with Crippen LogP contribution in [-0.2, 0) is 23.6 Å². The molecule has 6 heteroatoms. The van der Waals surface area contributed by atoms with Crippen molar-refractivity contribution in [3.05, 3.63) is 109 Å². The molecule has 0 radical (unpaired) electrons. The molecule has 0 aliphatic heterocycles. The van der Waals surface area contributed by atoms with Gasteiger partial charge in [0.05, 0.1) is 14.2 Å². The molecule has 0 aliphatic rings. The van der Waals surface area contributed by atoms with Gasteiger partial charge in [0, 0.05) is 28.1 Å². The Bertz CT molecular complexity index is 1250. The van der Waals surface area contributed by atoms with Crippen LogP contribution < -0.4 is 30.7 Å². The van der Waals surface area contributed by atoms with Gasteiger partial charge in [-0.15, -0.1) is 0 Å². The lowest BCUT2D eigenvalue weighted by molar-refractivity contribution is 0.418. The van der Waals surface area contributed by atoms with Gasteiger partial charge in [0.1, 0.15) is 11.5 Å². The van der Waals surface area contributed by atoms with Crippen molar-refractivity contribution < 1.29 is 9.47 Å². The molecule has 4 rings (SSSR count). The number of rotatable bonds is 8. The van der Waals surface area contributed by atoms with E-state index in [0.717, 1.165) is 32.7 Å². The van der Waals surface area contributed by atoms with Crippen molar-refractivity contribution in [1.82, 2.24) is 0 Å². The van der Waals surface area contributed by atoms with Crippen molar-refractivity contribution in [2.24, 2.45) is 0 Å². The van der Waals surface area contributed by atoms with Crippen LogP contribution in [0.25, 0.3) is 0 Å². The lowest BCUT2D eigenvalue weighted by Crippen LogP contribution is -2.31. The largest absolute Gasteiger partial charge is 0.496 e. The van der Waals surface area contributed by atoms with Gasteiger partial charge in [-0.25, -0.2) is 0 Å². The van der Waals surface area contributed by atoms with Gasteiger partial charge in [0.25, 0.3) is 0 Å². The first-order valence-corrected chi connectivity index (χ1v) is 16.8. The second kappa shape index (κ2) is 10.6. The van der Waals surface area contributed by atoms with Crippen molar-refractivity contribution in [3.63, 3.8) is 0 Å². The van der Waals surface area contributed by atoms with Crippen molar-refractivity contribution in [3.8, 4) is 11.5 Å². The van der Waals surface area contributed by atoms with Gasteiger partial charge < -0.3 is 9.47 Å².